The maximum atomic E-state index is 13.1. The Kier molecular flexibility index (Phi) is 7.33. The average Bonchev–Trinajstić information content (AvgIpc) is 2.76. The highest BCUT2D eigenvalue weighted by atomic mass is 32.2. The number of morpholine rings is 1. The molecule has 2 atom stereocenters. The number of rotatable bonds is 7. The lowest BCUT2D eigenvalue weighted by atomic mass is 10.1. The number of methoxy groups -OCH3 is 1. The Labute approximate surface area is 188 Å². The zero-order valence-electron chi connectivity index (χ0n) is 18.5. The molecule has 0 saturated carbocycles. The largest absolute Gasteiger partial charge is 0.496 e. The number of ketones is 1. The Balaban J connectivity index is 1.77. The molecule has 9 heteroatoms. The summed E-state index contributed by atoms with van der Waals surface area (Å²) in [5, 5.41) is 0. The molecule has 0 N–H and O–H groups in total. The lowest BCUT2D eigenvalue weighted by Gasteiger charge is -2.34. The lowest BCUT2D eigenvalue weighted by molar-refractivity contribution is -0.0440. The van der Waals surface area contributed by atoms with Crippen LogP contribution in [0.3, 0.4) is 0 Å². The third kappa shape index (κ3) is 5.35. The molecule has 0 aliphatic carbocycles. The molecule has 2 aromatic rings. The smallest absolute Gasteiger partial charge is 0.338 e. The minimum atomic E-state index is -3.79. The molecule has 1 aliphatic rings. The van der Waals surface area contributed by atoms with Gasteiger partial charge in [0, 0.05) is 24.2 Å². The first-order valence-corrected chi connectivity index (χ1v) is 11.7. The fourth-order valence-corrected chi connectivity index (χ4v) is 5.23. The number of nitrogens with zero attached hydrogens (tertiary/aromatic N) is 1. The summed E-state index contributed by atoms with van der Waals surface area (Å²) < 4.78 is 43.8. The van der Waals surface area contributed by atoms with Crippen LogP contribution >= 0.6 is 0 Å². The molecular formula is C23H27NO7S. The third-order valence-electron chi connectivity index (χ3n) is 5.14. The number of carbonyl (C=O) groups excluding carboxylic acids is 2. The topological polar surface area (TPSA) is 99.2 Å². The number of carbonyl (C=O) groups is 2. The molecule has 1 heterocycles. The standard InChI is InChI=1S/C23H27NO7S/c1-15-12-24(13-16(2)31-15)32(27,28)21-7-5-6-19(11-21)23(26)30-14-20-10-18(17(3)25)8-9-22(20)29-4/h5-11,15-16H,12-14H2,1-4H3. The molecule has 0 bridgehead atoms. The maximum Gasteiger partial charge on any atom is 0.338 e. The van der Waals surface area contributed by atoms with Crippen LogP contribution in [0.4, 0.5) is 0 Å². The van der Waals surface area contributed by atoms with Crippen molar-refractivity contribution in [1.82, 2.24) is 4.31 Å². The summed E-state index contributed by atoms with van der Waals surface area (Å²) in [6.07, 6.45) is -0.440. The van der Waals surface area contributed by atoms with Gasteiger partial charge in [-0.05, 0) is 57.2 Å². The Bertz CT molecular complexity index is 1100. The molecule has 0 amide bonds. The monoisotopic (exact) mass is 461 g/mol. The predicted octanol–water partition coefficient (Wildman–Crippen LogP) is 3.05. The normalized spacial score (nSPS) is 19.4. The van der Waals surface area contributed by atoms with Gasteiger partial charge >= 0.3 is 5.97 Å². The fourth-order valence-electron chi connectivity index (χ4n) is 3.60. The van der Waals surface area contributed by atoms with E-state index in [4.69, 9.17) is 14.2 Å². The van der Waals surface area contributed by atoms with Crippen molar-refractivity contribution in [1.29, 1.82) is 0 Å². The van der Waals surface area contributed by atoms with E-state index in [0.29, 0.717) is 16.9 Å². The summed E-state index contributed by atoms with van der Waals surface area (Å²) in [5.74, 6) is -0.319. The van der Waals surface area contributed by atoms with Gasteiger partial charge in [-0.3, -0.25) is 4.79 Å². The SMILES string of the molecule is COc1ccc(C(C)=O)cc1COC(=O)c1cccc(S(=O)(=O)N2CC(C)OC(C)C2)c1. The van der Waals surface area contributed by atoms with E-state index < -0.39 is 16.0 Å². The van der Waals surface area contributed by atoms with Crippen molar-refractivity contribution < 1.29 is 32.2 Å². The van der Waals surface area contributed by atoms with Crippen molar-refractivity contribution in [3.05, 3.63) is 59.2 Å². The second-order valence-electron chi connectivity index (χ2n) is 7.77. The number of ether oxygens (including phenoxy) is 3. The minimum Gasteiger partial charge on any atom is -0.496 e. The van der Waals surface area contributed by atoms with Crippen LogP contribution in [0.2, 0.25) is 0 Å². The Hall–Kier alpha value is -2.75. The number of Topliss-reactive ketones (excluding diaryl/α,β-unsaturated/α-hetero) is 1. The highest BCUT2D eigenvalue weighted by Gasteiger charge is 2.32. The van der Waals surface area contributed by atoms with Gasteiger partial charge in [0.25, 0.3) is 0 Å². The molecule has 2 unspecified atom stereocenters. The molecule has 1 saturated heterocycles. The van der Waals surface area contributed by atoms with Gasteiger partial charge in [0.15, 0.2) is 5.78 Å². The number of esters is 1. The van der Waals surface area contributed by atoms with Crippen molar-refractivity contribution >= 4 is 21.8 Å². The van der Waals surface area contributed by atoms with Gasteiger partial charge in [0.2, 0.25) is 10.0 Å². The number of sulfonamides is 1. The summed E-state index contributed by atoms with van der Waals surface area (Å²) in [6, 6.07) is 10.6. The van der Waals surface area contributed by atoms with E-state index in [1.54, 1.807) is 18.2 Å². The van der Waals surface area contributed by atoms with Crippen molar-refractivity contribution in [3.63, 3.8) is 0 Å². The molecular weight excluding hydrogens is 434 g/mol. The summed E-state index contributed by atoms with van der Waals surface area (Å²) in [7, 11) is -2.31. The van der Waals surface area contributed by atoms with Crippen LogP contribution in [-0.4, -0.2) is 56.9 Å². The van der Waals surface area contributed by atoms with Gasteiger partial charge in [0.05, 0.1) is 29.8 Å². The van der Waals surface area contributed by atoms with Crippen LogP contribution in [0, 0.1) is 0 Å². The fraction of sp³-hybridized carbons (Fsp3) is 0.391. The van der Waals surface area contributed by atoms with Crippen LogP contribution in [0.5, 0.6) is 5.75 Å². The minimum absolute atomic E-state index is 0.0180. The maximum absolute atomic E-state index is 13.1. The van der Waals surface area contributed by atoms with E-state index >= 15 is 0 Å². The molecule has 172 valence electrons. The zero-order valence-corrected chi connectivity index (χ0v) is 19.3. The van der Waals surface area contributed by atoms with Crippen LogP contribution in [-0.2, 0) is 26.1 Å². The first kappa shape index (κ1) is 23.9. The Morgan fingerprint density at radius 2 is 1.75 bits per heavy atom. The van der Waals surface area contributed by atoms with E-state index in [0.717, 1.165) is 0 Å². The first-order chi connectivity index (χ1) is 15.1. The van der Waals surface area contributed by atoms with Gasteiger partial charge in [0.1, 0.15) is 12.4 Å². The van der Waals surface area contributed by atoms with Gasteiger partial charge in [-0.2, -0.15) is 4.31 Å². The predicted molar refractivity (Wildman–Crippen MR) is 117 cm³/mol. The molecule has 3 rings (SSSR count). The van der Waals surface area contributed by atoms with E-state index in [1.165, 1.54) is 42.6 Å². The molecule has 32 heavy (non-hydrogen) atoms. The summed E-state index contributed by atoms with van der Waals surface area (Å²) in [6.45, 7) is 5.45. The Morgan fingerprint density at radius 1 is 1.06 bits per heavy atom. The van der Waals surface area contributed by atoms with E-state index in [9.17, 15) is 18.0 Å². The zero-order chi connectivity index (χ0) is 23.5. The van der Waals surface area contributed by atoms with Gasteiger partial charge in [-0.1, -0.05) is 6.07 Å². The molecule has 2 aromatic carbocycles. The summed E-state index contributed by atoms with van der Waals surface area (Å²) in [4.78, 5) is 24.3. The summed E-state index contributed by atoms with van der Waals surface area (Å²) >= 11 is 0. The average molecular weight is 462 g/mol. The van der Waals surface area contributed by atoms with Crippen molar-refractivity contribution in [2.24, 2.45) is 0 Å². The van der Waals surface area contributed by atoms with Crippen LogP contribution in [0.1, 0.15) is 47.1 Å². The number of benzene rings is 2. The molecule has 8 nitrogen and oxygen atoms in total. The lowest BCUT2D eigenvalue weighted by Crippen LogP contribution is -2.48. The molecule has 0 radical (unpaired) electrons. The second-order valence-corrected chi connectivity index (χ2v) is 9.70. The van der Waals surface area contributed by atoms with E-state index in [1.807, 2.05) is 13.8 Å². The van der Waals surface area contributed by atoms with Gasteiger partial charge in [-0.25, -0.2) is 13.2 Å². The highest BCUT2D eigenvalue weighted by molar-refractivity contribution is 7.89. The van der Waals surface area contributed by atoms with E-state index in [-0.39, 0.29) is 48.1 Å². The van der Waals surface area contributed by atoms with Crippen LogP contribution in [0.15, 0.2) is 47.4 Å². The second kappa shape index (κ2) is 9.81. The van der Waals surface area contributed by atoms with E-state index in [2.05, 4.69) is 0 Å². The van der Waals surface area contributed by atoms with Gasteiger partial charge in [-0.15, -0.1) is 0 Å². The molecule has 0 aromatic heterocycles. The quantitative estimate of drug-likeness (QED) is 0.462. The van der Waals surface area contributed by atoms with Crippen molar-refractivity contribution in [2.75, 3.05) is 20.2 Å². The van der Waals surface area contributed by atoms with Crippen LogP contribution < -0.4 is 4.74 Å². The number of hydrogen-bond acceptors (Lipinski definition) is 7. The number of hydrogen-bond donors (Lipinski definition) is 0. The van der Waals surface area contributed by atoms with Crippen molar-refractivity contribution in [3.8, 4) is 5.75 Å². The molecule has 1 fully saturated rings. The van der Waals surface area contributed by atoms with Crippen molar-refractivity contribution in [2.45, 2.75) is 44.5 Å². The third-order valence-corrected chi connectivity index (χ3v) is 6.97. The summed E-state index contributed by atoms with van der Waals surface area (Å²) in [5.41, 5.74) is 1.12. The Morgan fingerprint density at radius 3 is 2.38 bits per heavy atom. The highest BCUT2D eigenvalue weighted by Crippen LogP contribution is 2.24. The molecule has 0 spiro atoms. The molecule has 1 aliphatic heterocycles. The first-order valence-electron chi connectivity index (χ1n) is 10.2. The van der Waals surface area contributed by atoms with Gasteiger partial charge < -0.3 is 14.2 Å². The van der Waals surface area contributed by atoms with Crippen LogP contribution in [0.25, 0.3) is 0 Å².